The first-order valence-electron chi connectivity index (χ1n) is 11.6. The fraction of sp³-hybridized carbons (Fsp3) is 0.286. The van der Waals surface area contributed by atoms with Crippen molar-refractivity contribution in [3.05, 3.63) is 99.8 Å². The zero-order valence-electron chi connectivity index (χ0n) is 19.4. The van der Waals surface area contributed by atoms with Gasteiger partial charge in [0.15, 0.2) is 0 Å². The van der Waals surface area contributed by atoms with Crippen LogP contribution in [0.15, 0.2) is 77.6 Å². The predicted molar refractivity (Wildman–Crippen MR) is 134 cm³/mol. The molecule has 0 N–H and O–H groups in total. The Labute approximate surface area is 194 Å². The molecule has 0 atom stereocenters. The predicted octanol–water partition coefficient (Wildman–Crippen LogP) is 4.46. The number of nitrogens with zero attached hydrogens (tertiary/aromatic N) is 4. The highest BCUT2D eigenvalue weighted by Crippen LogP contribution is 2.25. The second-order valence-electron chi connectivity index (χ2n) is 9.09. The molecule has 5 nitrogen and oxygen atoms in total. The molecule has 4 aromatic rings. The summed E-state index contributed by atoms with van der Waals surface area (Å²) in [5.41, 5.74) is 5.75. The first-order valence-corrected chi connectivity index (χ1v) is 11.6. The summed E-state index contributed by atoms with van der Waals surface area (Å²) >= 11 is 0. The molecule has 0 radical (unpaired) electrons. The molecule has 1 fully saturated rings. The van der Waals surface area contributed by atoms with Crippen LogP contribution in [0.4, 0.5) is 0 Å². The molecule has 0 aliphatic carbocycles. The summed E-state index contributed by atoms with van der Waals surface area (Å²) in [5.74, 6) is 0. The normalized spacial score (nSPS) is 15.2. The number of rotatable bonds is 5. The van der Waals surface area contributed by atoms with Gasteiger partial charge in [0.25, 0.3) is 5.56 Å². The van der Waals surface area contributed by atoms with Crippen molar-refractivity contribution >= 4 is 10.8 Å². The molecule has 168 valence electrons. The number of hydrogen-bond donors (Lipinski definition) is 0. The fourth-order valence-electron chi connectivity index (χ4n) is 4.60. The average Bonchev–Trinajstić information content (AvgIpc) is 2.83. The van der Waals surface area contributed by atoms with Gasteiger partial charge in [-0.3, -0.25) is 14.6 Å². The van der Waals surface area contributed by atoms with Crippen molar-refractivity contribution in [3.63, 3.8) is 0 Å². The summed E-state index contributed by atoms with van der Waals surface area (Å²) in [7, 11) is 0. The van der Waals surface area contributed by atoms with Crippen LogP contribution in [-0.2, 0) is 13.2 Å². The largest absolute Gasteiger partial charge is 0.297 e. The summed E-state index contributed by atoms with van der Waals surface area (Å²) < 4.78 is 1.65. The van der Waals surface area contributed by atoms with E-state index in [1.165, 1.54) is 16.7 Å². The van der Waals surface area contributed by atoms with Crippen molar-refractivity contribution in [2.75, 3.05) is 26.2 Å². The molecule has 2 heterocycles. The topological polar surface area (TPSA) is 41.4 Å². The SMILES string of the molecule is Cc1ccc(-c2nn(CN3CCN(Cc4cccc(C)c4)CC3)c(=O)c3ccccc23)cc1. The standard InChI is InChI=1S/C28H30N4O/c1-21-10-12-24(13-11-21)27-25-8-3-4-9-26(25)28(33)32(29-27)20-31-16-14-30(15-17-31)19-23-7-5-6-22(2)18-23/h3-13,18H,14-17,19-20H2,1-2H3. The smallest absolute Gasteiger partial charge is 0.275 e. The van der Waals surface area contributed by atoms with Crippen LogP contribution in [0, 0.1) is 13.8 Å². The van der Waals surface area contributed by atoms with E-state index in [4.69, 9.17) is 5.10 Å². The van der Waals surface area contributed by atoms with Crippen LogP contribution in [-0.4, -0.2) is 45.8 Å². The number of fused-ring (bicyclic) bond motifs is 1. The van der Waals surface area contributed by atoms with E-state index < -0.39 is 0 Å². The zero-order valence-corrected chi connectivity index (χ0v) is 19.4. The van der Waals surface area contributed by atoms with Gasteiger partial charge >= 0.3 is 0 Å². The number of hydrogen-bond acceptors (Lipinski definition) is 4. The Kier molecular flexibility index (Phi) is 6.07. The molecule has 0 saturated carbocycles. The van der Waals surface area contributed by atoms with Gasteiger partial charge in [0.1, 0.15) is 0 Å². The van der Waals surface area contributed by atoms with Crippen molar-refractivity contribution in [2.45, 2.75) is 27.1 Å². The molecule has 0 unspecified atom stereocenters. The molecule has 1 aliphatic heterocycles. The molecule has 5 heteroatoms. The number of benzene rings is 3. The summed E-state index contributed by atoms with van der Waals surface area (Å²) in [6.45, 7) is 9.53. The molecular formula is C28H30N4O. The van der Waals surface area contributed by atoms with E-state index in [9.17, 15) is 4.79 Å². The monoisotopic (exact) mass is 438 g/mol. The molecule has 1 aliphatic rings. The van der Waals surface area contributed by atoms with Gasteiger partial charge in [-0.05, 0) is 25.5 Å². The van der Waals surface area contributed by atoms with E-state index in [0.29, 0.717) is 6.67 Å². The molecule has 1 aromatic heterocycles. The maximum Gasteiger partial charge on any atom is 0.275 e. The Morgan fingerprint density at radius 2 is 1.45 bits per heavy atom. The van der Waals surface area contributed by atoms with Gasteiger partial charge in [0.2, 0.25) is 0 Å². The van der Waals surface area contributed by atoms with E-state index >= 15 is 0 Å². The van der Waals surface area contributed by atoms with Crippen LogP contribution in [0.5, 0.6) is 0 Å². The van der Waals surface area contributed by atoms with Crippen molar-refractivity contribution in [1.29, 1.82) is 0 Å². The summed E-state index contributed by atoms with van der Waals surface area (Å²) in [6.07, 6.45) is 0. The van der Waals surface area contributed by atoms with E-state index in [2.05, 4.69) is 72.2 Å². The molecule has 1 saturated heterocycles. The third-order valence-corrected chi connectivity index (χ3v) is 6.48. The van der Waals surface area contributed by atoms with Crippen LogP contribution in [0.1, 0.15) is 16.7 Å². The summed E-state index contributed by atoms with van der Waals surface area (Å²) in [5, 5.41) is 6.47. The highest BCUT2D eigenvalue weighted by Gasteiger charge is 2.19. The van der Waals surface area contributed by atoms with Crippen molar-refractivity contribution in [3.8, 4) is 11.3 Å². The van der Waals surface area contributed by atoms with Gasteiger partial charge in [0.05, 0.1) is 17.7 Å². The molecular weight excluding hydrogens is 408 g/mol. The second-order valence-corrected chi connectivity index (χ2v) is 9.09. The van der Waals surface area contributed by atoms with Crippen molar-refractivity contribution < 1.29 is 0 Å². The minimum absolute atomic E-state index is 0.0244. The zero-order chi connectivity index (χ0) is 22.8. The third kappa shape index (κ3) is 4.75. The lowest BCUT2D eigenvalue weighted by molar-refractivity contribution is 0.0973. The first kappa shape index (κ1) is 21.6. The first-order chi connectivity index (χ1) is 16.1. The van der Waals surface area contributed by atoms with Crippen molar-refractivity contribution in [2.24, 2.45) is 0 Å². The lowest BCUT2D eigenvalue weighted by atomic mass is 10.0. The number of aromatic nitrogens is 2. The van der Waals surface area contributed by atoms with Crippen molar-refractivity contribution in [1.82, 2.24) is 19.6 Å². The van der Waals surface area contributed by atoms with Crippen LogP contribution in [0.2, 0.25) is 0 Å². The van der Waals surface area contributed by atoms with Crippen LogP contribution in [0.3, 0.4) is 0 Å². The molecule has 0 amide bonds. The maximum atomic E-state index is 13.2. The average molecular weight is 439 g/mol. The van der Waals surface area contributed by atoms with Crippen LogP contribution >= 0.6 is 0 Å². The summed E-state index contributed by atoms with van der Waals surface area (Å²) in [6, 6.07) is 24.9. The lowest BCUT2D eigenvalue weighted by Crippen LogP contribution is -2.47. The van der Waals surface area contributed by atoms with E-state index in [1.807, 2.05) is 24.3 Å². The molecule has 5 rings (SSSR count). The Hall–Kier alpha value is -3.28. The Morgan fingerprint density at radius 3 is 2.18 bits per heavy atom. The quantitative estimate of drug-likeness (QED) is 0.462. The third-order valence-electron chi connectivity index (χ3n) is 6.48. The number of piperazine rings is 1. The lowest BCUT2D eigenvalue weighted by Gasteiger charge is -2.34. The molecule has 3 aromatic carbocycles. The highest BCUT2D eigenvalue weighted by atomic mass is 16.1. The van der Waals surface area contributed by atoms with E-state index in [-0.39, 0.29) is 5.56 Å². The Bertz CT molecular complexity index is 1320. The van der Waals surface area contributed by atoms with Crippen LogP contribution < -0.4 is 5.56 Å². The molecule has 0 spiro atoms. The Balaban J connectivity index is 1.36. The van der Waals surface area contributed by atoms with Gasteiger partial charge in [0, 0.05) is 43.7 Å². The van der Waals surface area contributed by atoms with E-state index in [0.717, 1.165) is 54.8 Å². The number of aryl methyl sites for hydroxylation is 2. The van der Waals surface area contributed by atoms with Gasteiger partial charge in [-0.15, -0.1) is 0 Å². The van der Waals surface area contributed by atoms with Gasteiger partial charge < -0.3 is 0 Å². The van der Waals surface area contributed by atoms with Gasteiger partial charge in [-0.25, -0.2) is 4.68 Å². The fourth-order valence-corrected chi connectivity index (χ4v) is 4.60. The summed E-state index contributed by atoms with van der Waals surface area (Å²) in [4.78, 5) is 18.1. The van der Waals surface area contributed by atoms with Crippen LogP contribution in [0.25, 0.3) is 22.0 Å². The van der Waals surface area contributed by atoms with E-state index in [1.54, 1.807) is 4.68 Å². The highest BCUT2D eigenvalue weighted by molar-refractivity contribution is 5.93. The Morgan fingerprint density at radius 1 is 0.758 bits per heavy atom. The minimum Gasteiger partial charge on any atom is -0.297 e. The molecule has 33 heavy (non-hydrogen) atoms. The maximum absolute atomic E-state index is 13.2. The molecule has 0 bridgehead atoms. The van der Waals surface area contributed by atoms with Gasteiger partial charge in [-0.2, -0.15) is 5.10 Å². The second kappa shape index (κ2) is 9.30. The van der Waals surface area contributed by atoms with Gasteiger partial charge in [-0.1, -0.05) is 77.9 Å². The minimum atomic E-state index is -0.0244.